The van der Waals surface area contributed by atoms with Gasteiger partial charge in [-0.25, -0.2) is 0 Å². The summed E-state index contributed by atoms with van der Waals surface area (Å²) in [6.07, 6.45) is 13.5. The zero-order valence-corrected chi connectivity index (χ0v) is 15.8. The van der Waals surface area contributed by atoms with E-state index in [-0.39, 0.29) is 12.0 Å². The number of hydrogen-bond donors (Lipinski definition) is 1. The first-order valence-corrected chi connectivity index (χ1v) is 9.38. The molecule has 4 nitrogen and oxygen atoms in total. The fraction of sp³-hybridized carbons (Fsp3) is 0.261. The number of benzene rings is 1. The Bertz CT molecular complexity index is 957. The third kappa shape index (κ3) is 3.35. The predicted molar refractivity (Wildman–Crippen MR) is 114 cm³/mol. The first kappa shape index (κ1) is 17.4. The minimum absolute atomic E-state index is 0.124. The van der Waals surface area contributed by atoms with E-state index in [0.29, 0.717) is 0 Å². The summed E-state index contributed by atoms with van der Waals surface area (Å²) in [5, 5.41) is 3.31. The highest BCUT2D eigenvalue weighted by molar-refractivity contribution is 6.45. The van der Waals surface area contributed by atoms with Crippen LogP contribution in [0.5, 0.6) is 0 Å². The summed E-state index contributed by atoms with van der Waals surface area (Å²) in [5.41, 5.74) is 7.36. The zero-order chi connectivity index (χ0) is 18.8. The van der Waals surface area contributed by atoms with E-state index in [1.165, 1.54) is 16.7 Å². The molecule has 3 aliphatic rings. The molecule has 4 heteroatoms. The van der Waals surface area contributed by atoms with Crippen molar-refractivity contribution in [2.24, 2.45) is 20.9 Å². The molecule has 1 aromatic carbocycles. The molecule has 0 amide bonds. The van der Waals surface area contributed by atoms with E-state index >= 15 is 0 Å². The lowest BCUT2D eigenvalue weighted by Gasteiger charge is -2.21. The molecular formula is C23H24N4. The summed E-state index contributed by atoms with van der Waals surface area (Å²) in [5.74, 6) is 1.01. The maximum atomic E-state index is 5.02. The molecule has 0 saturated heterocycles. The molecule has 27 heavy (non-hydrogen) atoms. The lowest BCUT2D eigenvalue weighted by molar-refractivity contribution is 0.720. The molecule has 1 aromatic rings. The van der Waals surface area contributed by atoms with Gasteiger partial charge in [0.2, 0.25) is 0 Å². The maximum absolute atomic E-state index is 5.02. The normalized spacial score (nSPS) is 25.3. The summed E-state index contributed by atoms with van der Waals surface area (Å²) < 4.78 is 0. The van der Waals surface area contributed by atoms with Crippen LogP contribution in [-0.4, -0.2) is 23.8 Å². The maximum Gasteiger partial charge on any atom is 0.148 e. The number of fused-ring (bicyclic) bond motifs is 2. The Hall–Kier alpha value is -3.01. The molecule has 4 rings (SSSR count). The highest BCUT2D eigenvalue weighted by Gasteiger charge is 2.31. The van der Waals surface area contributed by atoms with Crippen molar-refractivity contribution in [2.45, 2.75) is 32.7 Å². The largest absolute Gasteiger partial charge is 0.346 e. The number of hydrogen-bond acceptors (Lipinski definition) is 3. The molecule has 0 saturated carbocycles. The molecule has 0 fully saturated rings. The van der Waals surface area contributed by atoms with Crippen molar-refractivity contribution in [3.8, 4) is 0 Å². The number of nitrogens with zero attached hydrogens (tertiary/aromatic N) is 3. The van der Waals surface area contributed by atoms with Gasteiger partial charge >= 0.3 is 0 Å². The fourth-order valence-electron chi connectivity index (χ4n) is 3.95. The van der Waals surface area contributed by atoms with Gasteiger partial charge in [-0.15, -0.1) is 0 Å². The van der Waals surface area contributed by atoms with Gasteiger partial charge < -0.3 is 5.32 Å². The molecular weight excluding hydrogens is 332 g/mol. The van der Waals surface area contributed by atoms with Crippen LogP contribution in [0.25, 0.3) is 0 Å². The number of amidine groups is 1. The van der Waals surface area contributed by atoms with Crippen LogP contribution in [0.2, 0.25) is 0 Å². The predicted octanol–water partition coefficient (Wildman–Crippen LogP) is 4.09. The Morgan fingerprint density at radius 2 is 2.15 bits per heavy atom. The monoisotopic (exact) mass is 356 g/mol. The quantitative estimate of drug-likeness (QED) is 0.812. The van der Waals surface area contributed by atoms with E-state index in [0.717, 1.165) is 35.5 Å². The Kier molecular flexibility index (Phi) is 4.71. The van der Waals surface area contributed by atoms with Crippen molar-refractivity contribution in [3.63, 3.8) is 0 Å². The van der Waals surface area contributed by atoms with Gasteiger partial charge in [0.25, 0.3) is 0 Å². The Balaban J connectivity index is 1.55. The Morgan fingerprint density at radius 1 is 1.30 bits per heavy atom. The van der Waals surface area contributed by atoms with Crippen molar-refractivity contribution in [1.29, 1.82) is 0 Å². The zero-order valence-electron chi connectivity index (χ0n) is 15.8. The average molecular weight is 356 g/mol. The van der Waals surface area contributed by atoms with Crippen LogP contribution >= 0.6 is 0 Å². The van der Waals surface area contributed by atoms with E-state index in [1.54, 1.807) is 6.20 Å². The van der Waals surface area contributed by atoms with E-state index in [2.05, 4.69) is 59.2 Å². The van der Waals surface area contributed by atoms with E-state index in [1.807, 2.05) is 25.5 Å². The molecule has 0 radical (unpaired) electrons. The van der Waals surface area contributed by atoms with Crippen molar-refractivity contribution in [2.75, 3.05) is 0 Å². The lowest BCUT2D eigenvalue weighted by atomic mass is 9.89. The highest BCUT2D eigenvalue weighted by Crippen LogP contribution is 2.30. The standard InChI is InChI=1S/C23H24N4/c1-4-16(13-24-5-2)21-14-26-22-20(21)8-9-25-23(22)27-19-11-17-7-6-15(3)10-18(17)12-19/h4-10,13-14,19-20H,2,11-12H2,1,3H3,(H,25,27)/b16-4+,24-13?. The number of allylic oxidation sites excluding steroid dienone is 4. The Labute approximate surface area is 160 Å². The molecule has 0 bridgehead atoms. The van der Waals surface area contributed by atoms with Crippen LogP contribution in [0.3, 0.4) is 0 Å². The number of nitrogens with one attached hydrogen (secondary N) is 1. The lowest BCUT2D eigenvalue weighted by Crippen LogP contribution is -2.36. The molecule has 1 aliphatic carbocycles. The van der Waals surface area contributed by atoms with Crippen molar-refractivity contribution in [3.05, 3.63) is 83.4 Å². The molecule has 0 aromatic heterocycles. The smallest absolute Gasteiger partial charge is 0.148 e. The third-order valence-corrected chi connectivity index (χ3v) is 5.27. The first-order chi connectivity index (χ1) is 13.2. The molecule has 0 spiro atoms. The van der Waals surface area contributed by atoms with Gasteiger partial charge in [0.1, 0.15) is 5.84 Å². The second kappa shape index (κ2) is 7.31. The summed E-state index contributed by atoms with van der Waals surface area (Å²) >= 11 is 0. The van der Waals surface area contributed by atoms with Gasteiger partial charge in [-0.05, 0) is 55.2 Å². The van der Waals surface area contributed by atoms with Crippen LogP contribution in [0.4, 0.5) is 0 Å². The minimum Gasteiger partial charge on any atom is -0.346 e. The van der Waals surface area contributed by atoms with Crippen molar-refractivity contribution in [1.82, 2.24) is 5.32 Å². The summed E-state index contributed by atoms with van der Waals surface area (Å²) in [6, 6.07) is 6.99. The summed E-state index contributed by atoms with van der Waals surface area (Å²) in [4.78, 5) is 13.9. The number of rotatable bonds is 4. The number of aryl methyl sites for hydroxylation is 1. The summed E-state index contributed by atoms with van der Waals surface area (Å²) in [7, 11) is 0. The SMILES string of the molecule is C=CN=C/C(=C\C)C1=CN=C2C(=NC3Cc4ccc(C)cc4C3)NC=CC12. The molecule has 2 heterocycles. The van der Waals surface area contributed by atoms with Gasteiger partial charge in [0.05, 0.1) is 17.7 Å². The van der Waals surface area contributed by atoms with Crippen LogP contribution in [-0.2, 0) is 12.8 Å². The van der Waals surface area contributed by atoms with Crippen molar-refractivity contribution < 1.29 is 0 Å². The second-order valence-electron chi connectivity index (χ2n) is 7.10. The second-order valence-corrected chi connectivity index (χ2v) is 7.10. The van der Waals surface area contributed by atoms with Gasteiger partial charge in [0, 0.05) is 18.6 Å². The third-order valence-electron chi connectivity index (χ3n) is 5.27. The van der Waals surface area contributed by atoms with Crippen LogP contribution in [0.1, 0.15) is 23.6 Å². The average Bonchev–Trinajstić information content (AvgIpc) is 3.27. The fourth-order valence-corrected chi connectivity index (χ4v) is 3.95. The summed E-state index contributed by atoms with van der Waals surface area (Å²) in [6.45, 7) is 7.81. The van der Waals surface area contributed by atoms with Gasteiger partial charge in [-0.3, -0.25) is 15.0 Å². The van der Waals surface area contributed by atoms with Gasteiger partial charge in [0.15, 0.2) is 0 Å². The molecule has 2 atom stereocenters. The molecule has 2 unspecified atom stereocenters. The Morgan fingerprint density at radius 3 is 2.96 bits per heavy atom. The molecule has 2 aliphatic heterocycles. The van der Waals surface area contributed by atoms with Crippen LogP contribution in [0.15, 0.2) is 81.7 Å². The highest BCUT2D eigenvalue weighted by atomic mass is 15.0. The van der Waals surface area contributed by atoms with Crippen LogP contribution in [0, 0.1) is 12.8 Å². The van der Waals surface area contributed by atoms with Crippen molar-refractivity contribution >= 4 is 17.8 Å². The number of aliphatic imine (C=N–C) groups is 3. The van der Waals surface area contributed by atoms with E-state index < -0.39 is 0 Å². The van der Waals surface area contributed by atoms with Crippen LogP contribution < -0.4 is 5.32 Å². The molecule has 1 N–H and O–H groups in total. The molecule has 136 valence electrons. The van der Waals surface area contributed by atoms with E-state index in [9.17, 15) is 0 Å². The van der Waals surface area contributed by atoms with Gasteiger partial charge in [-0.2, -0.15) is 0 Å². The van der Waals surface area contributed by atoms with E-state index in [4.69, 9.17) is 4.99 Å². The first-order valence-electron chi connectivity index (χ1n) is 9.38. The van der Waals surface area contributed by atoms with Gasteiger partial charge in [-0.1, -0.05) is 42.5 Å². The minimum atomic E-state index is 0.124. The topological polar surface area (TPSA) is 49.1 Å².